The van der Waals surface area contributed by atoms with E-state index in [0.29, 0.717) is 25.7 Å². The number of carbonyl (C=O) groups is 3. The van der Waals surface area contributed by atoms with Gasteiger partial charge >= 0.3 is 12.4 Å². The highest BCUT2D eigenvalue weighted by Crippen LogP contribution is 2.29. The third-order valence-corrected chi connectivity index (χ3v) is 5.05. The van der Waals surface area contributed by atoms with Gasteiger partial charge in [-0.25, -0.2) is 9.78 Å². The van der Waals surface area contributed by atoms with Crippen LogP contribution in [0.5, 0.6) is 5.88 Å². The van der Waals surface area contributed by atoms with Crippen LogP contribution in [-0.4, -0.2) is 58.9 Å². The quantitative estimate of drug-likeness (QED) is 0.635. The number of alkyl halides is 3. The monoisotopic (exact) mass is 430 g/mol. The number of nitrogens with zero attached hydrogens (tertiary/aromatic N) is 2. The van der Waals surface area contributed by atoms with E-state index >= 15 is 0 Å². The standard InChI is InChI=1S/C18H21F3N4O5/c19-18(20,21)29-9-7-13-16(27)25(17(28)24-13)10-3-5-11(6-4-10)30-15-12(14(22)26)2-1-8-23-15/h1-2,8,10-11,13H,3-7,9H2,(H2,22,26)(H,24,28)/t10-,11-,13?. The van der Waals surface area contributed by atoms with E-state index in [9.17, 15) is 27.6 Å². The lowest BCUT2D eigenvalue weighted by molar-refractivity contribution is -0.324. The second-order valence-electron chi connectivity index (χ2n) is 7.06. The summed E-state index contributed by atoms with van der Waals surface area (Å²) in [5, 5.41) is 2.41. The summed E-state index contributed by atoms with van der Waals surface area (Å²) in [6.07, 6.45) is -1.95. The predicted molar refractivity (Wildman–Crippen MR) is 95.2 cm³/mol. The van der Waals surface area contributed by atoms with E-state index in [4.69, 9.17) is 10.5 Å². The number of hydrogen-bond acceptors (Lipinski definition) is 6. The van der Waals surface area contributed by atoms with Gasteiger partial charge in [-0.2, -0.15) is 0 Å². The molecule has 3 rings (SSSR count). The zero-order valence-electron chi connectivity index (χ0n) is 15.9. The molecule has 1 aliphatic heterocycles. The number of carbonyl (C=O) groups excluding carboxylic acids is 3. The van der Waals surface area contributed by atoms with Crippen LogP contribution in [0.25, 0.3) is 0 Å². The van der Waals surface area contributed by atoms with Gasteiger partial charge in [0.15, 0.2) is 0 Å². The van der Waals surface area contributed by atoms with Gasteiger partial charge in [-0.15, -0.1) is 13.2 Å². The van der Waals surface area contributed by atoms with Crippen molar-refractivity contribution in [2.45, 2.75) is 56.7 Å². The van der Waals surface area contributed by atoms with Crippen molar-refractivity contribution in [1.82, 2.24) is 15.2 Å². The number of pyridine rings is 1. The molecule has 0 bridgehead atoms. The summed E-state index contributed by atoms with van der Waals surface area (Å²) in [6, 6.07) is 1.02. The Morgan fingerprint density at radius 1 is 1.27 bits per heavy atom. The van der Waals surface area contributed by atoms with Gasteiger partial charge in [0.2, 0.25) is 5.88 Å². The molecule has 0 aromatic carbocycles. The second kappa shape index (κ2) is 8.86. The van der Waals surface area contributed by atoms with Crippen LogP contribution in [-0.2, 0) is 9.53 Å². The molecule has 30 heavy (non-hydrogen) atoms. The highest BCUT2D eigenvalue weighted by atomic mass is 19.4. The minimum atomic E-state index is -4.79. The van der Waals surface area contributed by atoms with Gasteiger partial charge < -0.3 is 15.8 Å². The molecule has 1 saturated carbocycles. The molecule has 1 saturated heterocycles. The van der Waals surface area contributed by atoms with Crippen LogP contribution in [0.3, 0.4) is 0 Å². The Morgan fingerprint density at radius 3 is 2.60 bits per heavy atom. The first-order valence-corrected chi connectivity index (χ1v) is 9.41. The molecule has 3 N–H and O–H groups in total. The minimum absolute atomic E-state index is 0.133. The Kier molecular flexibility index (Phi) is 6.44. The SMILES string of the molecule is NC(=O)c1cccnc1O[C@H]1CC[C@H](N2C(=O)NC(CCOC(F)(F)F)C2=O)CC1. The molecule has 2 heterocycles. The molecule has 164 valence electrons. The lowest BCUT2D eigenvalue weighted by Gasteiger charge is -2.33. The Balaban J connectivity index is 1.53. The van der Waals surface area contributed by atoms with Crippen molar-refractivity contribution in [3.8, 4) is 5.88 Å². The van der Waals surface area contributed by atoms with E-state index in [-0.39, 0.29) is 30.0 Å². The summed E-state index contributed by atoms with van der Waals surface area (Å²) in [6.45, 7) is -0.721. The van der Waals surface area contributed by atoms with Gasteiger partial charge in [-0.1, -0.05) is 0 Å². The van der Waals surface area contributed by atoms with Crippen LogP contribution in [0.1, 0.15) is 42.5 Å². The second-order valence-corrected chi connectivity index (χ2v) is 7.06. The van der Waals surface area contributed by atoms with Crippen LogP contribution in [0.2, 0.25) is 0 Å². The van der Waals surface area contributed by atoms with E-state index < -0.39 is 36.9 Å². The summed E-state index contributed by atoms with van der Waals surface area (Å²) in [7, 11) is 0. The number of rotatable bonds is 7. The largest absolute Gasteiger partial charge is 0.522 e. The topological polar surface area (TPSA) is 124 Å². The molecule has 1 unspecified atom stereocenters. The molecule has 12 heteroatoms. The number of aromatic nitrogens is 1. The Bertz CT molecular complexity index is 811. The van der Waals surface area contributed by atoms with E-state index in [1.807, 2.05) is 0 Å². The number of primary amides is 1. The number of imide groups is 1. The third-order valence-electron chi connectivity index (χ3n) is 5.05. The van der Waals surface area contributed by atoms with Crippen molar-refractivity contribution < 1.29 is 37.0 Å². The van der Waals surface area contributed by atoms with Gasteiger partial charge in [0.1, 0.15) is 17.7 Å². The number of nitrogens with two attached hydrogens (primary N) is 1. The number of ether oxygens (including phenoxy) is 2. The van der Waals surface area contributed by atoms with E-state index in [1.165, 1.54) is 12.3 Å². The molecule has 2 fully saturated rings. The summed E-state index contributed by atoms with van der Waals surface area (Å²) in [5.74, 6) is -1.09. The van der Waals surface area contributed by atoms with Crippen LogP contribution >= 0.6 is 0 Å². The molecule has 1 aromatic heterocycles. The van der Waals surface area contributed by atoms with Crippen molar-refractivity contribution in [1.29, 1.82) is 0 Å². The highest BCUT2D eigenvalue weighted by Gasteiger charge is 2.43. The van der Waals surface area contributed by atoms with Crippen molar-refractivity contribution in [3.05, 3.63) is 23.9 Å². The van der Waals surface area contributed by atoms with Crippen molar-refractivity contribution in [2.24, 2.45) is 5.73 Å². The fourth-order valence-electron chi connectivity index (χ4n) is 3.63. The van der Waals surface area contributed by atoms with Crippen molar-refractivity contribution >= 4 is 17.8 Å². The Labute approximate surface area is 169 Å². The van der Waals surface area contributed by atoms with Crippen molar-refractivity contribution in [3.63, 3.8) is 0 Å². The minimum Gasteiger partial charge on any atom is -0.474 e. The lowest BCUT2D eigenvalue weighted by atomic mass is 9.91. The predicted octanol–water partition coefficient (Wildman–Crippen LogP) is 1.72. The highest BCUT2D eigenvalue weighted by molar-refractivity contribution is 6.04. The number of amides is 4. The van der Waals surface area contributed by atoms with E-state index in [0.717, 1.165) is 4.90 Å². The first kappa shape index (κ1) is 21.8. The van der Waals surface area contributed by atoms with Crippen LogP contribution in [0.4, 0.5) is 18.0 Å². The van der Waals surface area contributed by atoms with Crippen molar-refractivity contribution in [2.75, 3.05) is 6.61 Å². The van der Waals surface area contributed by atoms with Crippen LogP contribution in [0, 0.1) is 0 Å². The maximum Gasteiger partial charge on any atom is 0.522 e. The molecular formula is C18H21F3N4O5. The number of nitrogens with one attached hydrogen (secondary N) is 1. The first-order chi connectivity index (χ1) is 14.2. The maximum atomic E-state index is 12.5. The zero-order valence-corrected chi connectivity index (χ0v) is 15.9. The van der Waals surface area contributed by atoms with Gasteiger partial charge in [0.25, 0.3) is 11.8 Å². The summed E-state index contributed by atoms with van der Waals surface area (Å²) in [5.41, 5.74) is 5.47. The third kappa shape index (κ3) is 5.17. The molecular weight excluding hydrogens is 409 g/mol. The number of halogens is 3. The van der Waals surface area contributed by atoms with Gasteiger partial charge in [-0.05, 0) is 37.8 Å². The fraction of sp³-hybridized carbons (Fsp3) is 0.556. The normalized spacial score (nSPS) is 24.6. The Morgan fingerprint density at radius 2 is 1.97 bits per heavy atom. The lowest BCUT2D eigenvalue weighted by Crippen LogP contribution is -2.44. The molecule has 1 aromatic rings. The molecule has 2 aliphatic rings. The summed E-state index contributed by atoms with van der Waals surface area (Å²) < 4.78 is 45.7. The van der Waals surface area contributed by atoms with Gasteiger partial charge in [-0.3, -0.25) is 19.2 Å². The van der Waals surface area contributed by atoms with E-state index in [2.05, 4.69) is 15.0 Å². The summed E-state index contributed by atoms with van der Waals surface area (Å²) in [4.78, 5) is 41.2. The molecule has 4 amide bonds. The average Bonchev–Trinajstić information content (AvgIpc) is 2.95. The van der Waals surface area contributed by atoms with Gasteiger partial charge in [0, 0.05) is 18.7 Å². The van der Waals surface area contributed by atoms with E-state index in [1.54, 1.807) is 6.07 Å². The van der Waals surface area contributed by atoms with Crippen LogP contribution < -0.4 is 15.8 Å². The number of hydrogen-bond donors (Lipinski definition) is 2. The molecule has 0 spiro atoms. The Hall–Kier alpha value is -2.89. The molecule has 1 atom stereocenters. The molecule has 0 radical (unpaired) electrons. The first-order valence-electron chi connectivity index (χ1n) is 9.41. The average molecular weight is 430 g/mol. The maximum absolute atomic E-state index is 12.5. The fourth-order valence-corrected chi connectivity index (χ4v) is 3.63. The zero-order chi connectivity index (χ0) is 21.9. The molecule has 1 aliphatic carbocycles. The number of urea groups is 1. The van der Waals surface area contributed by atoms with Crippen LogP contribution in [0.15, 0.2) is 18.3 Å². The summed E-state index contributed by atoms with van der Waals surface area (Å²) >= 11 is 0. The molecule has 9 nitrogen and oxygen atoms in total. The van der Waals surface area contributed by atoms with Gasteiger partial charge in [0.05, 0.1) is 6.61 Å². The smallest absolute Gasteiger partial charge is 0.474 e.